The van der Waals surface area contributed by atoms with Crippen LogP contribution in [0, 0.1) is 5.82 Å². The van der Waals surface area contributed by atoms with Crippen LogP contribution in [-0.2, 0) is 13.0 Å². The zero-order chi connectivity index (χ0) is 18.2. The summed E-state index contributed by atoms with van der Waals surface area (Å²) in [4.78, 5) is 16.3. The lowest BCUT2D eigenvalue weighted by Gasteiger charge is -2.34. The van der Waals surface area contributed by atoms with Gasteiger partial charge in [-0.1, -0.05) is 48.5 Å². The lowest BCUT2D eigenvalue weighted by Crippen LogP contribution is -2.51. The van der Waals surface area contributed by atoms with Crippen molar-refractivity contribution in [2.24, 2.45) is 0 Å². The van der Waals surface area contributed by atoms with Crippen LogP contribution in [0.1, 0.15) is 17.5 Å². The predicted octanol–water partition coefficient (Wildman–Crippen LogP) is 3.29. The summed E-state index contributed by atoms with van der Waals surface area (Å²) in [6, 6.07) is 17.2. The van der Waals surface area contributed by atoms with Gasteiger partial charge in [-0.15, -0.1) is 0 Å². The Hall–Kier alpha value is -2.40. The van der Waals surface area contributed by atoms with Crippen LogP contribution < -0.4 is 5.32 Å². The van der Waals surface area contributed by atoms with Gasteiger partial charge in [-0.3, -0.25) is 4.90 Å². The molecule has 2 aromatic rings. The summed E-state index contributed by atoms with van der Waals surface area (Å²) in [6.07, 6.45) is 1.90. The molecule has 2 aromatic carbocycles. The van der Waals surface area contributed by atoms with Gasteiger partial charge in [0, 0.05) is 44.8 Å². The van der Waals surface area contributed by atoms with E-state index in [-0.39, 0.29) is 11.8 Å². The Bertz CT molecular complexity index is 699. The molecular weight excluding hydrogens is 329 g/mol. The second kappa shape index (κ2) is 9.34. The molecular formula is C21H26FN3O. The highest BCUT2D eigenvalue weighted by molar-refractivity contribution is 5.74. The highest BCUT2D eigenvalue weighted by Crippen LogP contribution is 2.12. The van der Waals surface area contributed by atoms with E-state index in [2.05, 4.69) is 22.3 Å². The van der Waals surface area contributed by atoms with Gasteiger partial charge in [-0.25, -0.2) is 9.18 Å². The third kappa shape index (κ3) is 5.30. The number of carbonyl (C=O) groups excluding carboxylic acids is 1. The molecule has 0 radical (unpaired) electrons. The van der Waals surface area contributed by atoms with Crippen LogP contribution in [0.3, 0.4) is 0 Å². The summed E-state index contributed by atoms with van der Waals surface area (Å²) < 4.78 is 13.7. The number of halogens is 1. The molecule has 3 rings (SSSR count). The largest absolute Gasteiger partial charge is 0.338 e. The number of hydrogen-bond donors (Lipinski definition) is 1. The molecule has 1 aliphatic rings. The number of carbonyl (C=O) groups is 1. The molecule has 2 amide bonds. The Balaban J connectivity index is 1.35. The summed E-state index contributed by atoms with van der Waals surface area (Å²) in [7, 11) is 0. The maximum atomic E-state index is 13.7. The second-order valence-corrected chi connectivity index (χ2v) is 6.68. The van der Waals surface area contributed by atoms with Gasteiger partial charge >= 0.3 is 6.03 Å². The van der Waals surface area contributed by atoms with Crippen molar-refractivity contribution in [2.45, 2.75) is 19.4 Å². The molecule has 5 heteroatoms. The van der Waals surface area contributed by atoms with E-state index in [1.54, 1.807) is 6.07 Å². The Kier molecular flexibility index (Phi) is 6.61. The topological polar surface area (TPSA) is 35.6 Å². The third-order valence-electron chi connectivity index (χ3n) is 4.77. The Morgan fingerprint density at radius 2 is 1.65 bits per heavy atom. The fourth-order valence-corrected chi connectivity index (χ4v) is 3.22. The molecule has 0 aromatic heterocycles. The van der Waals surface area contributed by atoms with E-state index in [9.17, 15) is 9.18 Å². The fraction of sp³-hybridized carbons (Fsp3) is 0.381. The number of urea groups is 1. The number of amides is 2. The first kappa shape index (κ1) is 18.4. The summed E-state index contributed by atoms with van der Waals surface area (Å²) in [6.45, 7) is 4.18. The van der Waals surface area contributed by atoms with Crippen LogP contribution in [0.2, 0.25) is 0 Å². The Labute approximate surface area is 154 Å². The van der Waals surface area contributed by atoms with E-state index in [1.165, 1.54) is 11.6 Å². The normalized spacial score (nSPS) is 15.0. The van der Waals surface area contributed by atoms with E-state index < -0.39 is 0 Å². The number of nitrogens with one attached hydrogen (secondary N) is 1. The van der Waals surface area contributed by atoms with Crippen molar-refractivity contribution in [3.8, 4) is 0 Å². The van der Waals surface area contributed by atoms with Gasteiger partial charge in [0.2, 0.25) is 0 Å². The van der Waals surface area contributed by atoms with E-state index in [4.69, 9.17) is 0 Å². The number of benzene rings is 2. The van der Waals surface area contributed by atoms with Crippen LogP contribution in [0.4, 0.5) is 9.18 Å². The maximum absolute atomic E-state index is 13.7. The molecule has 0 aliphatic carbocycles. The molecule has 0 bridgehead atoms. The van der Waals surface area contributed by atoms with Crippen LogP contribution in [-0.4, -0.2) is 48.6 Å². The Morgan fingerprint density at radius 3 is 2.38 bits per heavy atom. The number of aryl methyl sites for hydroxylation is 1. The van der Waals surface area contributed by atoms with E-state index in [1.807, 2.05) is 35.2 Å². The minimum absolute atomic E-state index is 0.00334. The van der Waals surface area contributed by atoms with Gasteiger partial charge in [0.15, 0.2) is 0 Å². The first-order valence-electron chi connectivity index (χ1n) is 9.25. The van der Waals surface area contributed by atoms with Crippen LogP contribution >= 0.6 is 0 Å². The van der Waals surface area contributed by atoms with Crippen molar-refractivity contribution < 1.29 is 9.18 Å². The van der Waals surface area contributed by atoms with Gasteiger partial charge < -0.3 is 10.2 Å². The molecule has 1 heterocycles. The zero-order valence-corrected chi connectivity index (χ0v) is 15.0. The van der Waals surface area contributed by atoms with Gasteiger partial charge in [0.05, 0.1) is 0 Å². The van der Waals surface area contributed by atoms with E-state index in [0.717, 1.165) is 25.9 Å². The summed E-state index contributed by atoms with van der Waals surface area (Å²) in [5.41, 5.74) is 2.01. The molecule has 0 unspecified atom stereocenters. The molecule has 0 atom stereocenters. The lowest BCUT2D eigenvalue weighted by molar-refractivity contribution is 0.134. The fourth-order valence-electron chi connectivity index (χ4n) is 3.22. The Morgan fingerprint density at radius 1 is 0.962 bits per heavy atom. The van der Waals surface area contributed by atoms with Gasteiger partial charge in [0.25, 0.3) is 0 Å². The van der Waals surface area contributed by atoms with E-state index >= 15 is 0 Å². The quantitative estimate of drug-likeness (QED) is 0.807. The number of nitrogens with zero attached hydrogens (tertiary/aromatic N) is 2. The monoisotopic (exact) mass is 355 g/mol. The van der Waals surface area contributed by atoms with E-state index in [0.29, 0.717) is 31.7 Å². The first-order chi connectivity index (χ1) is 12.7. The van der Waals surface area contributed by atoms with Crippen molar-refractivity contribution in [3.63, 3.8) is 0 Å². The smallest absolute Gasteiger partial charge is 0.317 e. The second-order valence-electron chi connectivity index (χ2n) is 6.68. The van der Waals surface area contributed by atoms with Crippen LogP contribution in [0.5, 0.6) is 0 Å². The lowest BCUT2D eigenvalue weighted by atomic mass is 10.1. The van der Waals surface area contributed by atoms with Gasteiger partial charge in [-0.05, 0) is 24.5 Å². The summed E-state index contributed by atoms with van der Waals surface area (Å²) >= 11 is 0. The molecule has 1 fully saturated rings. The van der Waals surface area contributed by atoms with Crippen molar-refractivity contribution >= 4 is 6.03 Å². The van der Waals surface area contributed by atoms with Gasteiger partial charge in [0.1, 0.15) is 5.82 Å². The standard InChI is InChI=1S/C21H26FN3O/c22-20-11-5-4-10-19(20)17-24-13-15-25(16-14-24)21(26)23-12-6-9-18-7-2-1-3-8-18/h1-5,7-8,10-11H,6,9,12-17H2,(H,23,26). The summed E-state index contributed by atoms with van der Waals surface area (Å²) in [5, 5.41) is 3.00. The number of hydrogen-bond acceptors (Lipinski definition) is 2. The van der Waals surface area contributed by atoms with Crippen LogP contribution in [0.15, 0.2) is 54.6 Å². The molecule has 1 N–H and O–H groups in total. The number of piperazine rings is 1. The maximum Gasteiger partial charge on any atom is 0.317 e. The molecule has 0 saturated carbocycles. The molecule has 0 spiro atoms. The van der Waals surface area contributed by atoms with Crippen molar-refractivity contribution in [1.29, 1.82) is 0 Å². The van der Waals surface area contributed by atoms with Crippen LogP contribution in [0.25, 0.3) is 0 Å². The van der Waals surface area contributed by atoms with Crippen molar-refractivity contribution in [3.05, 3.63) is 71.5 Å². The molecule has 26 heavy (non-hydrogen) atoms. The van der Waals surface area contributed by atoms with Crippen molar-refractivity contribution in [2.75, 3.05) is 32.7 Å². The van der Waals surface area contributed by atoms with Gasteiger partial charge in [-0.2, -0.15) is 0 Å². The SMILES string of the molecule is O=C(NCCCc1ccccc1)N1CCN(Cc2ccccc2F)CC1. The molecule has 4 nitrogen and oxygen atoms in total. The summed E-state index contributed by atoms with van der Waals surface area (Å²) in [5.74, 6) is -0.161. The third-order valence-corrected chi connectivity index (χ3v) is 4.77. The number of rotatable bonds is 6. The zero-order valence-electron chi connectivity index (χ0n) is 15.0. The minimum atomic E-state index is -0.161. The highest BCUT2D eigenvalue weighted by Gasteiger charge is 2.21. The first-order valence-corrected chi connectivity index (χ1v) is 9.25. The van der Waals surface area contributed by atoms with Crippen molar-refractivity contribution in [1.82, 2.24) is 15.1 Å². The minimum Gasteiger partial charge on any atom is -0.338 e. The predicted molar refractivity (Wildman–Crippen MR) is 101 cm³/mol. The highest BCUT2D eigenvalue weighted by atomic mass is 19.1. The molecule has 1 saturated heterocycles. The average Bonchev–Trinajstić information content (AvgIpc) is 2.68. The molecule has 1 aliphatic heterocycles. The average molecular weight is 355 g/mol. The molecule has 138 valence electrons.